The van der Waals surface area contributed by atoms with Gasteiger partial charge in [0.15, 0.2) is 11.5 Å². The van der Waals surface area contributed by atoms with E-state index in [4.69, 9.17) is 9.47 Å². The van der Waals surface area contributed by atoms with Gasteiger partial charge in [0.1, 0.15) is 10.3 Å². The van der Waals surface area contributed by atoms with Gasteiger partial charge in [-0.3, -0.25) is 9.36 Å². The van der Waals surface area contributed by atoms with Crippen molar-refractivity contribution in [3.63, 3.8) is 0 Å². The van der Waals surface area contributed by atoms with Crippen molar-refractivity contribution in [1.82, 2.24) is 9.55 Å². The first-order valence-corrected chi connectivity index (χ1v) is 6.79. The molecule has 0 aliphatic heterocycles. The molecule has 0 spiro atoms. The number of rotatable bonds is 4. The van der Waals surface area contributed by atoms with Crippen LogP contribution in [0.25, 0.3) is 0 Å². The fourth-order valence-corrected chi connectivity index (χ4v) is 2.22. The molecule has 1 heterocycles. The summed E-state index contributed by atoms with van der Waals surface area (Å²) >= 11 is 3.20. The summed E-state index contributed by atoms with van der Waals surface area (Å²) in [4.78, 5) is 16.3. The van der Waals surface area contributed by atoms with Gasteiger partial charge in [-0.1, -0.05) is 6.07 Å². The molecule has 0 radical (unpaired) electrons. The van der Waals surface area contributed by atoms with E-state index in [1.807, 2.05) is 18.2 Å². The lowest BCUT2D eigenvalue weighted by molar-refractivity contribution is 0.354. The minimum atomic E-state index is -0.104. The van der Waals surface area contributed by atoms with Crippen LogP contribution in [0.3, 0.4) is 0 Å². The van der Waals surface area contributed by atoms with E-state index in [-0.39, 0.29) is 5.56 Å². The Labute approximate surface area is 125 Å². The lowest BCUT2D eigenvalue weighted by atomic mass is 10.2. The van der Waals surface area contributed by atoms with Crippen molar-refractivity contribution in [1.29, 1.82) is 0 Å². The molecule has 2 aromatic rings. The molecule has 0 unspecified atom stereocenters. The predicted octanol–water partition coefficient (Wildman–Crippen LogP) is 2.38. The zero-order chi connectivity index (χ0) is 14.7. The van der Waals surface area contributed by atoms with E-state index < -0.39 is 0 Å². The normalized spacial score (nSPS) is 10.4. The van der Waals surface area contributed by atoms with Crippen molar-refractivity contribution in [2.24, 2.45) is 0 Å². The van der Waals surface area contributed by atoms with Gasteiger partial charge in [0, 0.05) is 6.20 Å². The van der Waals surface area contributed by atoms with Crippen LogP contribution in [0, 0.1) is 6.92 Å². The van der Waals surface area contributed by atoms with Gasteiger partial charge in [0.25, 0.3) is 5.56 Å². The minimum Gasteiger partial charge on any atom is -0.493 e. The van der Waals surface area contributed by atoms with E-state index in [2.05, 4.69) is 20.9 Å². The number of aromatic nitrogens is 2. The highest BCUT2D eigenvalue weighted by Crippen LogP contribution is 2.27. The van der Waals surface area contributed by atoms with Crippen LogP contribution in [0.1, 0.15) is 11.4 Å². The lowest BCUT2D eigenvalue weighted by Crippen LogP contribution is -2.24. The van der Waals surface area contributed by atoms with Crippen LogP contribution in [0.4, 0.5) is 0 Å². The van der Waals surface area contributed by atoms with Crippen LogP contribution in [0.15, 0.2) is 33.7 Å². The summed E-state index contributed by atoms with van der Waals surface area (Å²) in [5, 5.41) is 0. The number of aryl methyl sites for hydroxylation is 1. The van der Waals surface area contributed by atoms with Crippen LogP contribution in [0.2, 0.25) is 0 Å². The Morgan fingerprint density at radius 1 is 1.25 bits per heavy atom. The van der Waals surface area contributed by atoms with Gasteiger partial charge < -0.3 is 9.47 Å². The highest BCUT2D eigenvalue weighted by Gasteiger charge is 2.09. The number of ether oxygens (including phenoxy) is 2. The zero-order valence-electron chi connectivity index (χ0n) is 11.5. The van der Waals surface area contributed by atoms with Crippen LogP contribution < -0.4 is 15.0 Å². The average Bonchev–Trinajstić information content (AvgIpc) is 2.47. The standard InChI is InChI=1S/C14H15BrN2O3/c1-9-16-7-11(15)14(18)17(9)8-10-4-5-12(19-2)13(6-10)20-3/h4-7H,8H2,1-3H3. The molecule has 0 aliphatic rings. The first-order chi connectivity index (χ1) is 9.56. The highest BCUT2D eigenvalue weighted by molar-refractivity contribution is 9.10. The van der Waals surface area contributed by atoms with Gasteiger partial charge in [-0.05, 0) is 40.5 Å². The van der Waals surface area contributed by atoms with Crippen LogP contribution in [-0.2, 0) is 6.54 Å². The molecular weight excluding hydrogens is 324 g/mol. The molecule has 2 rings (SSSR count). The van der Waals surface area contributed by atoms with Gasteiger partial charge in [-0.2, -0.15) is 0 Å². The molecule has 0 atom stereocenters. The summed E-state index contributed by atoms with van der Waals surface area (Å²) < 4.78 is 12.5. The maximum absolute atomic E-state index is 12.1. The lowest BCUT2D eigenvalue weighted by Gasteiger charge is -2.12. The fraction of sp³-hybridized carbons (Fsp3) is 0.286. The zero-order valence-corrected chi connectivity index (χ0v) is 13.1. The molecule has 6 heteroatoms. The third-order valence-corrected chi connectivity index (χ3v) is 3.54. The van der Waals surface area contributed by atoms with Crippen LogP contribution in [-0.4, -0.2) is 23.8 Å². The number of methoxy groups -OCH3 is 2. The van der Waals surface area contributed by atoms with Gasteiger partial charge in [-0.15, -0.1) is 0 Å². The second-order valence-corrected chi connectivity index (χ2v) is 5.09. The minimum absolute atomic E-state index is 0.104. The number of benzene rings is 1. The van der Waals surface area contributed by atoms with E-state index >= 15 is 0 Å². The van der Waals surface area contributed by atoms with Crippen molar-refractivity contribution in [2.75, 3.05) is 14.2 Å². The fourth-order valence-electron chi connectivity index (χ4n) is 1.90. The molecule has 0 saturated heterocycles. The molecule has 1 aromatic heterocycles. The average molecular weight is 339 g/mol. The van der Waals surface area contributed by atoms with Crippen LogP contribution >= 0.6 is 15.9 Å². The van der Waals surface area contributed by atoms with Gasteiger partial charge >= 0.3 is 0 Å². The molecule has 106 valence electrons. The monoisotopic (exact) mass is 338 g/mol. The number of hydrogen-bond acceptors (Lipinski definition) is 4. The van der Waals surface area contributed by atoms with Gasteiger partial charge in [0.05, 0.1) is 20.8 Å². The Morgan fingerprint density at radius 2 is 1.95 bits per heavy atom. The van der Waals surface area contributed by atoms with Crippen molar-refractivity contribution in [3.05, 3.63) is 50.6 Å². The number of hydrogen-bond donors (Lipinski definition) is 0. The van der Waals surface area contributed by atoms with E-state index in [0.29, 0.717) is 28.3 Å². The van der Waals surface area contributed by atoms with Gasteiger partial charge in [0.2, 0.25) is 0 Å². The third kappa shape index (κ3) is 2.85. The van der Waals surface area contributed by atoms with E-state index in [9.17, 15) is 4.79 Å². The Bertz CT molecular complexity index is 683. The number of halogens is 1. The van der Waals surface area contributed by atoms with Crippen molar-refractivity contribution >= 4 is 15.9 Å². The molecule has 1 aromatic carbocycles. The van der Waals surface area contributed by atoms with Gasteiger partial charge in [-0.25, -0.2) is 4.98 Å². The van der Waals surface area contributed by atoms with Crippen molar-refractivity contribution in [2.45, 2.75) is 13.5 Å². The number of nitrogens with zero attached hydrogens (tertiary/aromatic N) is 2. The van der Waals surface area contributed by atoms with Crippen molar-refractivity contribution < 1.29 is 9.47 Å². The van der Waals surface area contributed by atoms with Crippen molar-refractivity contribution in [3.8, 4) is 11.5 Å². The maximum Gasteiger partial charge on any atom is 0.268 e. The van der Waals surface area contributed by atoms with E-state index in [1.165, 1.54) is 6.20 Å². The smallest absolute Gasteiger partial charge is 0.268 e. The highest BCUT2D eigenvalue weighted by atomic mass is 79.9. The summed E-state index contributed by atoms with van der Waals surface area (Å²) in [6.45, 7) is 2.23. The Balaban J connectivity index is 2.40. The Kier molecular flexibility index (Phi) is 4.44. The molecule has 20 heavy (non-hydrogen) atoms. The van der Waals surface area contributed by atoms with E-state index in [1.54, 1.807) is 25.7 Å². The summed E-state index contributed by atoms with van der Waals surface area (Å²) in [6.07, 6.45) is 1.52. The first kappa shape index (κ1) is 14.6. The maximum atomic E-state index is 12.1. The molecular formula is C14H15BrN2O3. The van der Waals surface area contributed by atoms with Crippen LogP contribution in [0.5, 0.6) is 11.5 Å². The molecule has 0 bridgehead atoms. The molecule has 0 amide bonds. The second kappa shape index (κ2) is 6.09. The SMILES string of the molecule is COc1ccc(Cn2c(C)ncc(Br)c2=O)cc1OC. The summed E-state index contributed by atoms with van der Waals surface area (Å²) in [5.41, 5.74) is 0.833. The summed E-state index contributed by atoms with van der Waals surface area (Å²) in [6, 6.07) is 5.57. The predicted molar refractivity (Wildman–Crippen MR) is 79.6 cm³/mol. The molecule has 0 saturated carbocycles. The molecule has 0 N–H and O–H groups in total. The van der Waals surface area contributed by atoms with E-state index in [0.717, 1.165) is 5.56 Å². The Hall–Kier alpha value is -1.82. The third-order valence-electron chi connectivity index (χ3n) is 2.99. The Morgan fingerprint density at radius 3 is 2.60 bits per heavy atom. The summed E-state index contributed by atoms with van der Waals surface area (Å²) in [5.74, 6) is 1.96. The largest absolute Gasteiger partial charge is 0.493 e. The quantitative estimate of drug-likeness (QED) is 0.858. The summed E-state index contributed by atoms with van der Waals surface area (Å²) in [7, 11) is 3.17. The first-order valence-electron chi connectivity index (χ1n) is 5.99. The topological polar surface area (TPSA) is 53.4 Å². The molecule has 5 nitrogen and oxygen atoms in total. The second-order valence-electron chi connectivity index (χ2n) is 4.23. The molecule has 0 aliphatic carbocycles. The molecule has 0 fully saturated rings.